The van der Waals surface area contributed by atoms with Crippen LogP contribution in [0.1, 0.15) is 51.0 Å². The highest BCUT2D eigenvalue weighted by Gasteiger charge is 2.32. The van der Waals surface area contributed by atoms with Crippen LogP contribution >= 0.6 is 34.2 Å². The molecule has 2 aromatic rings. The highest BCUT2D eigenvalue weighted by Crippen LogP contribution is 2.22. The number of carbonyl (C=O) groups excluding carboxylic acids is 2. The molecule has 196 valence electrons. The van der Waals surface area contributed by atoms with E-state index in [1.165, 1.54) is 11.3 Å². The van der Waals surface area contributed by atoms with Crippen LogP contribution in [0.5, 0.6) is 0 Å². The summed E-state index contributed by atoms with van der Waals surface area (Å²) in [5.41, 5.74) is 1.20. The van der Waals surface area contributed by atoms with Crippen molar-refractivity contribution in [1.29, 1.82) is 0 Å². The smallest absolute Gasteiger partial charge is 0.244 e. The Kier molecular flexibility index (Phi) is 10.4. The van der Waals surface area contributed by atoms with Gasteiger partial charge in [-0.05, 0) is 83.8 Å². The Labute approximate surface area is 232 Å². The average molecular weight is 646 g/mol. The summed E-state index contributed by atoms with van der Waals surface area (Å²) >= 11 is 8.18. The molecule has 36 heavy (non-hydrogen) atoms. The molecule has 1 atom stereocenters. The highest BCUT2D eigenvalue weighted by molar-refractivity contribution is 14.1. The summed E-state index contributed by atoms with van der Waals surface area (Å²) in [6.07, 6.45) is 6.67. The van der Waals surface area contributed by atoms with Gasteiger partial charge < -0.3 is 10.2 Å². The molecule has 3 rings (SSSR count). The molecule has 2 amide bonds. The van der Waals surface area contributed by atoms with Crippen molar-refractivity contribution in [3.63, 3.8) is 0 Å². The second-order valence-corrected chi connectivity index (χ2v) is 12.8. The van der Waals surface area contributed by atoms with Crippen molar-refractivity contribution in [2.24, 2.45) is 0 Å². The van der Waals surface area contributed by atoms with Crippen LogP contribution in [0.15, 0.2) is 48.5 Å². The summed E-state index contributed by atoms with van der Waals surface area (Å²) in [6, 6.07) is 13.4. The van der Waals surface area contributed by atoms with E-state index in [1.54, 1.807) is 36.4 Å². The van der Waals surface area contributed by atoms with Gasteiger partial charge in [0.1, 0.15) is 12.6 Å². The first-order valence-electron chi connectivity index (χ1n) is 12.2. The minimum atomic E-state index is -3.75. The summed E-state index contributed by atoms with van der Waals surface area (Å²) in [7, 11) is -3.75. The van der Waals surface area contributed by atoms with E-state index in [0.717, 1.165) is 45.4 Å². The molecule has 1 N–H and O–H groups in total. The molecule has 0 bridgehead atoms. The van der Waals surface area contributed by atoms with Crippen molar-refractivity contribution in [3.05, 3.63) is 62.7 Å². The van der Waals surface area contributed by atoms with Crippen molar-refractivity contribution < 1.29 is 18.0 Å². The zero-order valence-corrected chi connectivity index (χ0v) is 24.4. The van der Waals surface area contributed by atoms with E-state index in [4.69, 9.17) is 11.6 Å². The number of hydrogen-bond acceptors (Lipinski definition) is 4. The van der Waals surface area contributed by atoms with E-state index >= 15 is 0 Å². The number of nitrogens with one attached hydrogen (secondary N) is 1. The molecule has 0 saturated heterocycles. The second kappa shape index (κ2) is 13.1. The molecular weight excluding hydrogens is 613 g/mol. The Morgan fingerprint density at radius 1 is 1.06 bits per heavy atom. The minimum absolute atomic E-state index is 0.104. The normalized spacial score (nSPS) is 15.2. The van der Waals surface area contributed by atoms with E-state index < -0.39 is 28.5 Å². The van der Waals surface area contributed by atoms with Crippen LogP contribution in [0.4, 0.5) is 5.69 Å². The third-order valence-corrected chi connectivity index (χ3v) is 8.51. The Balaban J connectivity index is 1.89. The summed E-state index contributed by atoms with van der Waals surface area (Å²) < 4.78 is 27.4. The second-order valence-electron chi connectivity index (χ2n) is 9.16. The number of anilines is 1. The SMILES string of the molecule is CCC(C(=O)NC1CCCCC1)N(Cc1ccc(Cl)cc1)C(=O)CN(c1ccc(I)cc1)S(C)(=O)=O. The summed E-state index contributed by atoms with van der Waals surface area (Å²) in [6.45, 7) is 1.62. The zero-order chi connectivity index (χ0) is 26.3. The molecule has 0 heterocycles. The molecule has 1 aliphatic carbocycles. The largest absolute Gasteiger partial charge is 0.352 e. The molecule has 0 aliphatic heterocycles. The van der Waals surface area contributed by atoms with Crippen molar-refractivity contribution >= 4 is 61.7 Å². The summed E-state index contributed by atoms with van der Waals surface area (Å²) in [5.74, 6) is -0.647. The summed E-state index contributed by atoms with van der Waals surface area (Å²) in [4.78, 5) is 28.6. The van der Waals surface area contributed by atoms with Gasteiger partial charge in [-0.3, -0.25) is 13.9 Å². The first-order chi connectivity index (χ1) is 17.1. The van der Waals surface area contributed by atoms with Gasteiger partial charge in [-0.25, -0.2) is 8.42 Å². The van der Waals surface area contributed by atoms with Gasteiger partial charge in [-0.15, -0.1) is 0 Å². The molecule has 1 saturated carbocycles. The minimum Gasteiger partial charge on any atom is -0.352 e. The van der Waals surface area contributed by atoms with Gasteiger partial charge in [0.15, 0.2) is 0 Å². The van der Waals surface area contributed by atoms with Gasteiger partial charge in [-0.1, -0.05) is 49.9 Å². The van der Waals surface area contributed by atoms with Gasteiger partial charge in [0.25, 0.3) is 0 Å². The lowest BCUT2D eigenvalue weighted by molar-refractivity contribution is -0.140. The van der Waals surface area contributed by atoms with Crippen LogP contribution in [-0.2, 0) is 26.2 Å². The van der Waals surface area contributed by atoms with E-state index in [-0.39, 0.29) is 18.5 Å². The Morgan fingerprint density at radius 3 is 2.22 bits per heavy atom. The van der Waals surface area contributed by atoms with E-state index in [9.17, 15) is 18.0 Å². The van der Waals surface area contributed by atoms with Gasteiger partial charge in [0.2, 0.25) is 21.8 Å². The zero-order valence-electron chi connectivity index (χ0n) is 20.6. The number of nitrogens with zero attached hydrogens (tertiary/aromatic N) is 2. The van der Waals surface area contributed by atoms with Crippen molar-refractivity contribution in [2.45, 2.75) is 64.1 Å². The van der Waals surface area contributed by atoms with Crippen molar-refractivity contribution in [3.8, 4) is 0 Å². The number of halogens is 2. The number of amides is 2. The molecule has 2 aromatic carbocycles. The van der Waals surface area contributed by atoms with Gasteiger partial charge >= 0.3 is 0 Å². The summed E-state index contributed by atoms with van der Waals surface area (Å²) in [5, 5.41) is 3.71. The highest BCUT2D eigenvalue weighted by atomic mass is 127. The molecule has 0 aromatic heterocycles. The monoisotopic (exact) mass is 645 g/mol. The fraction of sp³-hybridized carbons (Fsp3) is 0.462. The van der Waals surface area contributed by atoms with E-state index in [0.29, 0.717) is 17.1 Å². The van der Waals surface area contributed by atoms with Gasteiger partial charge in [0.05, 0.1) is 11.9 Å². The number of sulfonamides is 1. The number of carbonyl (C=O) groups is 2. The lowest BCUT2D eigenvalue weighted by Crippen LogP contribution is -2.53. The standard InChI is InChI=1S/C26H33ClIN3O4S/c1-3-24(26(33)29-22-7-5-4-6-8-22)30(17-19-9-11-20(27)12-10-19)25(32)18-31(36(2,34)35)23-15-13-21(28)14-16-23/h9-16,22,24H,3-8,17-18H2,1-2H3,(H,29,33). The first kappa shape index (κ1) is 28.7. The fourth-order valence-corrected chi connectivity index (χ4v) is 5.81. The Bertz CT molecular complexity index is 1140. The molecule has 7 nitrogen and oxygen atoms in total. The van der Waals surface area contributed by atoms with Crippen LogP contribution in [0.25, 0.3) is 0 Å². The molecule has 1 fully saturated rings. The molecule has 0 spiro atoms. The number of rotatable bonds is 10. The maximum Gasteiger partial charge on any atom is 0.244 e. The van der Waals surface area contributed by atoms with E-state index in [2.05, 4.69) is 27.9 Å². The first-order valence-corrected chi connectivity index (χ1v) is 15.5. The van der Waals surface area contributed by atoms with Crippen LogP contribution < -0.4 is 9.62 Å². The fourth-order valence-electron chi connectivity index (χ4n) is 4.47. The third-order valence-electron chi connectivity index (χ3n) is 6.40. The van der Waals surface area contributed by atoms with Gasteiger partial charge in [-0.2, -0.15) is 0 Å². The number of benzene rings is 2. The predicted molar refractivity (Wildman–Crippen MR) is 152 cm³/mol. The topological polar surface area (TPSA) is 86.8 Å². The quantitative estimate of drug-likeness (QED) is 0.370. The van der Waals surface area contributed by atoms with Crippen LogP contribution in [0.2, 0.25) is 5.02 Å². The lowest BCUT2D eigenvalue weighted by atomic mass is 9.95. The maximum absolute atomic E-state index is 13.7. The molecule has 1 unspecified atom stereocenters. The van der Waals surface area contributed by atoms with Crippen LogP contribution in [0, 0.1) is 3.57 Å². The van der Waals surface area contributed by atoms with Crippen LogP contribution in [0.3, 0.4) is 0 Å². The van der Waals surface area contributed by atoms with E-state index in [1.807, 2.05) is 19.1 Å². The number of hydrogen-bond donors (Lipinski definition) is 1. The molecule has 10 heteroatoms. The lowest BCUT2D eigenvalue weighted by Gasteiger charge is -2.34. The molecule has 1 aliphatic rings. The van der Waals surface area contributed by atoms with Crippen molar-refractivity contribution in [2.75, 3.05) is 17.1 Å². The van der Waals surface area contributed by atoms with Crippen molar-refractivity contribution in [1.82, 2.24) is 10.2 Å². The predicted octanol–water partition coefficient (Wildman–Crippen LogP) is 4.97. The average Bonchev–Trinajstić information content (AvgIpc) is 2.84. The molecule has 0 radical (unpaired) electrons. The van der Waals surface area contributed by atoms with Crippen LogP contribution in [-0.4, -0.2) is 50.0 Å². The molecular formula is C26H33ClIN3O4S. The third kappa shape index (κ3) is 8.08. The Morgan fingerprint density at radius 2 is 1.67 bits per heavy atom. The maximum atomic E-state index is 13.7. The Hall–Kier alpha value is -1.85. The van der Waals surface area contributed by atoms with Gasteiger partial charge in [0, 0.05) is 21.2 Å².